The van der Waals surface area contributed by atoms with E-state index in [1.54, 1.807) is 13.8 Å². The fourth-order valence-corrected chi connectivity index (χ4v) is 2.33. The third-order valence-corrected chi connectivity index (χ3v) is 3.55. The van der Waals surface area contributed by atoms with E-state index in [-0.39, 0.29) is 11.4 Å². The molecule has 7 nitrogen and oxygen atoms in total. The van der Waals surface area contributed by atoms with E-state index in [2.05, 4.69) is 10.3 Å². The number of oxazole rings is 1. The maximum Gasteiger partial charge on any atom is 0.293 e. The third kappa shape index (κ3) is 3.26. The number of aryl methyl sites for hydroxylation is 2. The van der Waals surface area contributed by atoms with E-state index < -0.39 is 26.6 Å². The minimum absolute atomic E-state index is 0.00318. The molecule has 0 saturated heterocycles. The monoisotopic (exact) mass is 313 g/mol. The zero-order valence-electron chi connectivity index (χ0n) is 11.2. The van der Waals surface area contributed by atoms with Crippen LogP contribution in [0.4, 0.5) is 10.1 Å². The van der Waals surface area contributed by atoms with Crippen molar-refractivity contribution < 1.29 is 22.0 Å². The maximum atomic E-state index is 13.6. The number of halogens is 1. The molecule has 112 valence electrons. The zero-order valence-corrected chi connectivity index (χ0v) is 12.0. The number of benzene rings is 1. The Morgan fingerprint density at radius 2 is 2.05 bits per heavy atom. The van der Waals surface area contributed by atoms with Gasteiger partial charge in [-0.15, -0.1) is 0 Å². The molecule has 1 aromatic carbocycles. The van der Waals surface area contributed by atoms with Crippen LogP contribution in [-0.4, -0.2) is 19.3 Å². The van der Waals surface area contributed by atoms with Crippen molar-refractivity contribution in [3.63, 3.8) is 0 Å². The molecule has 0 bridgehead atoms. The summed E-state index contributed by atoms with van der Waals surface area (Å²) >= 11 is 0. The maximum absolute atomic E-state index is 13.6. The minimum Gasteiger partial charge on any atom is -0.436 e. The Morgan fingerprint density at radius 1 is 1.38 bits per heavy atom. The summed E-state index contributed by atoms with van der Waals surface area (Å²) in [6.07, 6.45) is 0. The Kier molecular flexibility index (Phi) is 3.79. The Labute approximate surface area is 120 Å². The molecule has 2 rings (SSSR count). The Bertz CT molecular complexity index is 814. The SMILES string of the molecule is Cc1nc(C)c(C(=O)Nc2ccc(S(N)(=O)=O)c(F)c2)o1. The number of carbonyl (C=O) groups is 1. The van der Waals surface area contributed by atoms with Crippen molar-refractivity contribution in [1.82, 2.24) is 4.98 Å². The van der Waals surface area contributed by atoms with Gasteiger partial charge in [0.2, 0.25) is 15.8 Å². The molecule has 0 atom stereocenters. The first-order valence-corrected chi connectivity index (χ1v) is 7.31. The number of nitrogens with two attached hydrogens (primary N) is 1. The van der Waals surface area contributed by atoms with Crippen LogP contribution in [0.1, 0.15) is 22.1 Å². The van der Waals surface area contributed by atoms with E-state index in [0.717, 1.165) is 12.1 Å². The van der Waals surface area contributed by atoms with Crippen molar-refractivity contribution in [2.24, 2.45) is 5.14 Å². The number of sulfonamides is 1. The molecule has 9 heteroatoms. The molecule has 0 aliphatic heterocycles. The lowest BCUT2D eigenvalue weighted by Gasteiger charge is -2.06. The second kappa shape index (κ2) is 5.26. The minimum atomic E-state index is -4.15. The van der Waals surface area contributed by atoms with E-state index in [0.29, 0.717) is 11.6 Å². The molecule has 0 aliphatic rings. The molecule has 1 amide bonds. The summed E-state index contributed by atoms with van der Waals surface area (Å²) in [4.78, 5) is 15.2. The van der Waals surface area contributed by atoms with Crippen LogP contribution in [-0.2, 0) is 10.0 Å². The number of hydrogen-bond acceptors (Lipinski definition) is 5. The summed E-state index contributed by atoms with van der Waals surface area (Å²) in [5.74, 6) is -1.34. The first-order chi connectivity index (χ1) is 9.68. The lowest BCUT2D eigenvalue weighted by Crippen LogP contribution is -2.15. The fraction of sp³-hybridized carbons (Fsp3) is 0.167. The van der Waals surface area contributed by atoms with Gasteiger partial charge in [0.25, 0.3) is 5.91 Å². The van der Waals surface area contributed by atoms with E-state index in [4.69, 9.17) is 9.56 Å². The van der Waals surface area contributed by atoms with Crippen molar-refractivity contribution in [1.29, 1.82) is 0 Å². The number of amides is 1. The first-order valence-electron chi connectivity index (χ1n) is 5.76. The number of carbonyl (C=O) groups excluding carboxylic acids is 1. The Morgan fingerprint density at radius 3 is 2.52 bits per heavy atom. The standard InChI is InChI=1S/C12H12FN3O4S/c1-6-11(20-7(2)15-6)12(17)16-8-3-4-10(9(13)5-8)21(14,18)19/h3-5H,1-2H3,(H,16,17)(H2,14,18,19). The summed E-state index contributed by atoms with van der Waals surface area (Å²) in [7, 11) is -4.15. The van der Waals surface area contributed by atoms with Crippen LogP contribution < -0.4 is 10.5 Å². The van der Waals surface area contributed by atoms with Crippen molar-refractivity contribution >= 4 is 21.6 Å². The molecule has 1 aromatic heterocycles. The second-order valence-electron chi connectivity index (χ2n) is 4.29. The zero-order chi connectivity index (χ0) is 15.8. The predicted octanol–water partition coefficient (Wildman–Crippen LogP) is 1.33. The van der Waals surface area contributed by atoms with Crippen molar-refractivity contribution in [2.75, 3.05) is 5.32 Å². The van der Waals surface area contributed by atoms with Crippen LogP contribution in [0, 0.1) is 19.7 Å². The van der Waals surface area contributed by atoms with Crippen molar-refractivity contribution in [3.05, 3.63) is 41.4 Å². The Balaban J connectivity index is 2.27. The molecule has 0 saturated carbocycles. The van der Waals surface area contributed by atoms with Gasteiger partial charge in [-0.2, -0.15) is 0 Å². The third-order valence-electron chi connectivity index (χ3n) is 2.61. The highest BCUT2D eigenvalue weighted by molar-refractivity contribution is 7.89. The molecular weight excluding hydrogens is 301 g/mol. The summed E-state index contributed by atoms with van der Waals surface area (Å²) in [6, 6.07) is 3.05. The lowest BCUT2D eigenvalue weighted by atomic mass is 10.3. The molecule has 1 heterocycles. The van der Waals surface area contributed by atoms with Gasteiger partial charge in [-0.3, -0.25) is 4.79 Å². The summed E-state index contributed by atoms with van der Waals surface area (Å²) in [5, 5.41) is 7.23. The van der Waals surface area contributed by atoms with Crippen molar-refractivity contribution in [3.8, 4) is 0 Å². The highest BCUT2D eigenvalue weighted by Crippen LogP contribution is 2.19. The highest BCUT2D eigenvalue weighted by atomic mass is 32.2. The van der Waals surface area contributed by atoms with Gasteiger partial charge in [-0.05, 0) is 25.1 Å². The molecular formula is C12H12FN3O4S. The number of rotatable bonds is 3. The van der Waals surface area contributed by atoms with E-state index >= 15 is 0 Å². The number of aromatic nitrogens is 1. The largest absolute Gasteiger partial charge is 0.436 e. The second-order valence-corrected chi connectivity index (χ2v) is 5.82. The van der Waals surface area contributed by atoms with E-state index in [1.807, 2.05) is 0 Å². The molecule has 21 heavy (non-hydrogen) atoms. The van der Waals surface area contributed by atoms with Crippen LogP contribution in [0.2, 0.25) is 0 Å². The lowest BCUT2D eigenvalue weighted by molar-refractivity contribution is 0.0994. The number of nitrogens with zero attached hydrogens (tertiary/aromatic N) is 1. The van der Waals surface area contributed by atoms with Gasteiger partial charge in [0, 0.05) is 12.6 Å². The molecule has 0 spiro atoms. The molecule has 2 aromatic rings. The molecule has 0 aliphatic carbocycles. The number of hydrogen-bond donors (Lipinski definition) is 2. The average Bonchev–Trinajstić information content (AvgIpc) is 2.67. The molecule has 3 N–H and O–H groups in total. The smallest absolute Gasteiger partial charge is 0.293 e. The van der Waals surface area contributed by atoms with Crippen LogP contribution in [0.5, 0.6) is 0 Å². The first kappa shape index (κ1) is 15.1. The molecule has 0 unspecified atom stereocenters. The van der Waals surface area contributed by atoms with Gasteiger partial charge in [0.05, 0.1) is 5.69 Å². The van der Waals surface area contributed by atoms with Crippen LogP contribution in [0.3, 0.4) is 0 Å². The van der Waals surface area contributed by atoms with Gasteiger partial charge in [0.1, 0.15) is 10.7 Å². The summed E-state index contributed by atoms with van der Waals surface area (Å²) in [6.45, 7) is 3.18. The Hall–Kier alpha value is -2.26. The summed E-state index contributed by atoms with van der Waals surface area (Å²) < 4.78 is 40.9. The van der Waals surface area contributed by atoms with Gasteiger partial charge in [-0.25, -0.2) is 22.9 Å². The van der Waals surface area contributed by atoms with Gasteiger partial charge >= 0.3 is 0 Å². The van der Waals surface area contributed by atoms with Gasteiger partial charge in [-0.1, -0.05) is 0 Å². The number of anilines is 1. The predicted molar refractivity (Wildman–Crippen MR) is 71.7 cm³/mol. The molecule has 0 radical (unpaired) electrons. The average molecular weight is 313 g/mol. The van der Waals surface area contributed by atoms with E-state index in [9.17, 15) is 17.6 Å². The number of primary sulfonamides is 1. The van der Waals surface area contributed by atoms with Crippen LogP contribution >= 0.6 is 0 Å². The molecule has 0 fully saturated rings. The van der Waals surface area contributed by atoms with E-state index in [1.165, 1.54) is 6.07 Å². The normalized spacial score (nSPS) is 11.4. The van der Waals surface area contributed by atoms with Crippen molar-refractivity contribution in [2.45, 2.75) is 18.7 Å². The number of nitrogens with one attached hydrogen (secondary N) is 1. The quantitative estimate of drug-likeness (QED) is 0.887. The fourth-order valence-electron chi connectivity index (χ4n) is 1.74. The van der Waals surface area contributed by atoms with Crippen LogP contribution in [0.25, 0.3) is 0 Å². The van der Waals surface area contributed by atoms with Gasteiger partial charge in [0.15, 0.2) is 5.89 Å². The van der Waals surface area contributed by atoms with Gasteiger partial charge < -0.3 is 9.73 Å². The van der Waals surface area contributed by atoms with Crippen LogP contribution in [0.15, 0.2) is 27.5 Å². The topological polar surface area (TPSA) is 115 Å². The highest BCUT2D eigenvalue weighted by Gasteiger charge is 2.18. The summed E-state index contributed by atoms with van der Waals surface area (Å²) in [5.41, 5.74) is 0.463.